The summed E-state index contributed by atoms with van der Waals surface area (Å²) in [5.74, 6) is -0.464. The number of carbonyl (C=O) groups excluding carboxylic acids is 1. The van der Waals surface area contributed by atoms with Crippen LogP contribution in [0.4, 0.5) is 0 Å². The van der Waals surface area contributed by atoms with E-state index < -0.39 is 5.97 Å². The molecule has 4 heteroatoms. The Hall–Kier alpha value is -0.610. The standard InChI is InChI=1S/C3H7NO3/c1-3(6)7-4-2-5/h4-5H,2H2,1H3. The molecule has 0 heterocycles. The van der Waals surface area contributed by atoms with Gasteiger partial charge in [0.15, 0.2) is 0 Å². The highest BCUT2D eigenvalue weighted by molar-refractivity contribution is 5.65. The van der Waals surface area contributed by atoms with Crippen molar-refractivity contribution in [2.45, 2.75) is 6.92 Å². The molecule has 0 aliphatic heterocycles. The van der Waals surface area contributed by atoms with Crippen LogP contribution in [0, 0.1) is 0 Å². The normalized spacial score (nSPS) is 8.29. The number of rotatable bonds is 2. The van der Waals surface area contributed by atoms with Gasteiger partial charge in [-0.05, 0) is 0 Å². The predicted molar refractivity (Wildman–Crippen MR) is 22.0 cm³/mol. The minimum absolute atomic E-state index is 0.348. The molecule has 0 aliphatic carbocycles. The molecule has 0 atom stereocenters. The first-order valence-electron chi connectivity index (χ1n) is 1.78. The summed E-state index contributed by atoms with van der Waals surface area (Å²) in [6, 6.07) is 0. The number of hydroxylamine groups is 1. The van der Waals surface area contributed by atoms with Crippen LogP contribution < -0.4 is 5.48 Å². The maximum absolute atomic E-state index is 9.81. The molecular weight excluding hydrogens is 98.0 g/mol. The summed E-state index contributed by atoms with van der Waals surface area (Å²) in [4.78, 5) is 13.9. The lowest BCUT2D eigenvalue weighted by Gasteiger charge is -1.94. The van der Waals surface area contributed by atoms with Crippen LogP contribution in [0.3, 0.4) is 0 Å². The largest absolute Gasteiger partial charge is 0.378 e. The van der Waals surface area contributed by atoms with Crippen LogP contribution in [0.5, 0.6) is 0 Å². The molecule has 0 radical (unpaired) electrons. The second-order valence-electron chi connectivity index (χ2n) is 0.896. The van der Waals surface area contributed by atoms with Crippen LogP contribution in [-0.4, -0.2) is 17.8 Å². The summed E-state index contributed by atoms with van der Waals surface area (Å²) < 4.78 is 0. The molecule has 0 aliphatic rings. The third-order valence-electron chi connectivity index (χ3n) is 0.280. The first-order chi connectivity index (χ1) is 3.27. The highest BCUT2D eigenvalue weighted by atomic mass is 16.7. The fourth-order valence-corrected chi connectivity index (χ4v) is 0.134. The number of hydrogen-bond acceptors (Lipinski definition) is 4. The first kappa shape index (κ1) is 6.39. The van der Waals surface area contributed by atoms with Crippen molar-refractivity contribution in [2.75, 3.05) is 6.73 Å². The lowest BCUT2D eigenvalue weighted by atomic mass is 10.8. The minimum Gasteiger partial charge on any atom is -0.378 e. The quantitative estimate of drug-likeness (QED) is 0.349. The lowest BCUT2D eigenvalue weighted by Crippen LogP contribution is -2.18. The average molecular weight is 105 g/mol. The summed E-state index contributed by atoms with van der Waals surface area (Å²) in [6.45, 7) is 0.891. The van der Waals surface area contributed by atoms with Crippen molar-refractivity contribution in [3.63, 3.8) is 0 Å². The van der Waals surface area contributed by atoms with Gasteiger partial charge in [-0.15, -0.1) is 5.48 Å². The van der Waals surface area contributed by atoms with Crippen LogP contribution in [0.1, 0.15) is 6.92 Å². The Morgan fingerprint density at radius 3 is 2.71 bits per heavy atom. The van der Waals surface area contributed by atoms with Gasteiger partial charge in [-0.25, -0.2) is 0 Å². The summed E-state index contributed by atoms with van der Waals surface area (Å²) in [5.41, 5.74) is 1.95. The van der Waals surface area contributed by atoms with Crippen molar-refractivity contribution < 1.29 is 14.7 Å². The molecule has 0 unspecified atom stereocenters. The van der Waals surface area contributed by atoms with Crippen molar-refractivity contribution in [3.05, 3.63) is 0 Å². The molecule has 7 heavy (non-hydrogen) atoms. The number of aliphatic hydroxyl groups excluding tert-OH is 1. The van der Waals surface area contributed by atoms with Crippen LogP contribution in [0.2, 0.25) is 0 Å². The zero-order chi connectivity index (χ0) is 5.70. The molecule has 0 aromatic carbocycles. The van der Waals surface area contributed by atoms with Crippen molar-refractivity contribution in [3.8, 4) is 0 Å². The van der Waals surface area contributed by atoms with E-state index in [1.807, 2.05) is 5.48 Å². The van der Waals surface area contributed by atoms with E-state index in [4.69, 9.17) is 5.11 Å². The Balaban J connectivity index is 2.82. The minimum atomic E-state index is -0.464. The molecular formula is C3H7NO3. The van der Waals surface area contributed by atoms with Gasteiger partial charge in [-0.3, -0.25) is 4.79 Å². The monoisotopic (exact) mass is 105 g/mol. The highest BCUT2D eigenvalue weighted by Crippen LogP contribution is 1.63. The van der Waals surface area contributed by atoms with Gasteiger partial charge in [-0.1, -0.05) is 0 Å². The summed E-state index contributed by atoms with van der Waals surface area (Å²) >= 11 is 0. The van der Waals surface area contributed by atoms with E-state index in [1.165, 1.54) is 6.92 Å². The molecule has 0 fully saturated rings. The first-order valence-corrected chi connectivity index (χ1v) is 1.78. The molecule has 42 valence electrons. The topological polar surface area (TPSA) is 58.6 Å². The summed E-state index contributed by atoms with van der Waals surface area (Å²) in [6.07, 6.45) is 0. The van der Waals surface area contributed by atoms with Crippen LogP contribution in [-0.2, 0) is 9.63 Å². The molecule has 4 nitrogen and oxygen atoms in total. The molecule has 0 rings (SSSR count). The van der Waals surface area contributed by atoms with Gasteiger partial charge in [0.2, 0.25) is 0 Å². The van der Waals surface area contributed by atoms with Crippen molar-refractivity contribution in [1.29, 1.82) is 0 Å². The van der Waals surface area contributed by atoms with E-state index in [1.54, 1.807) is 0 Å². The Morgan fingerprint density at radius 2 is 2.57 bits per heavy atom. The van der Waals surface area contributed by atoms with E-state index in [0.717, 1.165) is 0 Å². The third-order valence-corrected chi connectivity index (χ3v) is 0.280. The van der Waals surface area contributed by atoms with Crippen LogP contribution in [0.15, 0.2) is 0 Å². The number of carbonyl (C=O) groups is 1. The van der Waals surface area contributed by atoms with Gasteiger partial charge in [0.1, 0.15) is 6.73 Å². The van der Waals surface area contributed by atoms with E-state index in [-0.39, 0.29) is 6.73 Å². The fraction of sp³-hybridized carbons (Fsp3) is 0.667. The number of aliphatic hydroxyl groups is 1. The molecule has 0 saturated heterocycles. The van der Waals surface area contributed by atoms with Gasteiger partial charge < -0.3 is 9.94 Å². The maximum Gasteiger partial charge on any atom is 0.321 e. The SMILES string of the molecule is CC(=O)ONCO. The van der Waals surface area contributed by atoms with Gasteiger partial charge in [-0.2, -0.15) is 0 Å². The molecule has 0 aromatic heterocycles. The van der Waals surface area contributed by atoms with Gasteiger partial charge in [0, 0.05) is 6.92 Å². The second kappa shape index (κ2) is 3.58. The third kappa shape index (κ3) is 5.39. The zero-order valence-electron chi connectivity index (χ0n) is 3.97. The van der Waals surface area contributed by atoms with Gasteiger partial charge in [0.05, 0.1) is 0 Å². The molecule has 0 bridgehead atoms. The van der Waals surface area contributed by atoms with E-state index in [0.29, 0.717) is 0 Å². The molecule has 0 saturated carbocycles. The molecule has 0 spiro atoms. The smallest absolute Gasteiger partial charge is 0.321 e. The molecule has 0 amide bonds. The van der Waals surface area contributed by atoms with Crippen molar-refractivity contribution >= 4 is 5.97 Å². The van der Waals surface area contributed by atoms with Crippen LogP contribution >= 0.6 is 0 Å². The second-order valence-corrected chi connectivity index (χ2v) is 0.896. The summed E-state index contributed by atoms with van der Waals surface area (Å²) in [5, 5.41) is 7.93. The number of nitrogens with one attached hydrogen (secondary N) is 1. The Labute approximate surface area is 41.0 Å². The van der Waals surface area contributed by atoms with Gasteiger partial charge in [0.25, 0.3) is 0 Å². The Morgan fingerprint density at radius 1 is 2.00 bits per heavy atom. The van der Waals surface area contributed by atoms with E-state index in [2.05, 4.69) is 4.84 Å². The van der Waals surface area contributed by atoms with Crippen molar-refractivity contribution in [2.24, 2.45) is 0 Å². The lowest BCUT2D eigenvalue weighted by molar-refractivity contribution is -0.151. The Bertz CT molecular complexity index is 63.2. The number of hydrogen-bond donors (Lipinski definition) is 2. The maximum atomic E-state index is 9.81. The highest BCUT2D eigenvalue weighted by Gasteiger charge is 1.85. The fourth-order valence-electron chi connectivity index (χ4n) is 0.134. The molecule has 2 N–H and O–H groups in total. The van der Waals surface area contributed by atoms with E-state index >= 15 is 0 Å². The van der Waals surface area contributed by atoms with Crippen LogP contribution in [0.25, 0.3) is 0 Å². The summed E-state index contributed by atoms with van der Waals surface area (Å²) in [7, 11) is 0. The molecule has 0 aromatic rings. The van der Waals surface area contributed by atoms with Crippen molar-refractivity contribution in [1.82, 2.24) is 5.48 Å². The Kier molecular flexibility index (Phi) is 3.26. The average Bonchev–Trinajstić information content (AvgIpc) is 1.61. The zero-order valence-corrected chi connectivity index (χ0v) is 3.97. The predicted octanol–water partition coefficient (Wildman–Crippen LogP) is -0.996. The van der Waals surface area contributed by atoms with Gasteiger partial charge >= 0.3 is 5.97 Å². The van der Waals surface area contributed by atoms with E-state index in [9.17, 15) is 4.79 Å².